The number of hydrogen-bond acceptors (Lipinski definition) is 3. The minimum Gasteiger partial charge on any atom is -0.444 e. The molecule has 4 heteroatoms. The van der Waals surface area contributed by atoms with Crippen LogP contribution in [0.25, 0.3) is 0 Å². The van der Waals surface area contributed by atoms with Crippen LogP contribution in [0, 0.1) is 0 Å². The molecule has 2 atom stereocenters. The summed E-state index contributed by atoms with van der Waals surface area (Å²) in [6.45, 7) is 5.51. The van der Waals surface area contributed by atoms with E-state index in [0.717, 1.165) is 12.1 Å². The van der Waals surface area contributed by atoms with Gasteiger partial charge in [0.2, 0.25) is 0 Å². The van der Waals surface area contributed by atoms with Crippen molar-refractivity contribution in [1.29, 1.82) is 0 Å². The third-order valence-corrected chi connectivity index (χ3v) is 2.82. The lowest BCUT2D eigenvalue weighted by molar-refractivity contribution is 0.0636. The maximum atomic E-state index is 11.6. The summed E-state index contributed by atoms with van der Waals surface area (Å²) in [5, 5.41) is 2.70. The van der Waals surface area contributed by atoms with Gasteiger partial charge in [-0.15, -0.1) is 0 Å². The molecule has 0 bridgehead atoms. The zero-order valence-corrected chi connectivity index (χ0v) is 11.1. The maximum Gasteiger partial charge on any atom is 0.412 e. The van der Waals surface area contributed by atoms with Gasteiger partial charge < -0.3 is 10.5 Å². The van der Waals surface area contributed by atoms with Crippen molar-refractivity contribution in [2.75, 3.05) is 5.32 Å². The number of amides is 1. The Morgan fingerprint density at radius 3 is 2.33 bits per heavy atom. The minimum atomic E-state index is -0.481. The number of nitrogens with one attached hydrogen (secondary N) is 1. The minimum absolute atomic E-state index is 0.301. The van der Waals surface area contributed by atoms with Crippen molar-refractivity contribution >= 4 is 11.8 Å². The van der Waals surface area contributed by atoms with Crippen molar-refractivity contribution in [2.24, 2.45) is 5.73 Å². The van der Waals surface area contributed by atoms with Gasteiger partial charge >= 0.3 is 6.09 Å². The van der Waals surface area contributed by atoms with Gasteiger partial charge in [0.1, 0.15) is 5.60 Å². The van der Waals surface area contributed by atoms with E-state index >= 15 is 0 Å². The summed E-state index contributed by atoms with van der Waals surface area (Å²) in [6, 6.07) is 8.07. The Balaban J connectivity index is 1.92. The topological polar surface area (TPSA) is 64.3 Å². The van der Waals surface area contributed by atoms with Gasteiger partial charge in [-0.3, -0.25) is 5.32 Å². The van der Waals surface area contributed by atoms with Crippen molar-refractivity contribution < 1.29 is 9.53 Å². The van der Waals surface area contributed by atoms with Crippen LogP contribution in [0.15, 0.2) is 24.3 Å². The highest BCUT2D eigenvalue weighted by atomic mass is 16.6. The van der Waals surface area contributed by atoms with Crippen LogP contribution in [-0.2, 0) is 4.74 Å². The van der Waals surface area contributed by atoms with Crippen molar-refractivity contribution in [2.45, 2.75) is 44.8 Å². The summed E-state index contributed by atoms with van der Waals surface area (Å²) >= 11 is 0. The second-order valence-electron chi connectivity index (χ2n) is 5.75. The van der Waals surface area contributed by atoms with Crippen LogP contribution < -0.4 is 11.1 Å². The van der Waals surface area contributed by atoms with Gasteiger partial charge in [-0.2, -0.15) is 0 Å². The number of nitrogens with two attached hydrogens (primary N) is 1. The van der Waals surface area contributed by atoms with E-state index in [-0.39, 0.29) is 0 Å². The van der Waals surface area contributed by atoms with Gasteiger partial charge in [0.05, 0.1) is 0 Å². The Morgan fingerprint density at radius 2 is 1.89 bits per heavy atom. The fraction of sp³-hybridized carbons (Fsp3) is 0.500. The first-order valence-corrected chi connectivity index (χ1v) is 6.21. The molecule has 98 valence electrons. The monoisotopic (exact) mass is 248 g/mol. The summed E-state index contributed by atoms with van der Waals surface area (Å²) in [5.41, 5.74) is 7.29. The molecule has 18 heavy (non-hydrogen) atoms. The molecule has 1 fully saturated rings. The van der Waals surface area contributed by atoms with E-state index in [1.807, 2.05) is 45.0 Å². The van der Waals surface area contributed by atoms with E-state index in [1.165, 1.54) is 5.56 Å². The zero-order chi connectivity index (χ0) is 13.3. The van der Waals surface area contributed by atoms with Gasteiger partial charge in [-0.05, 0) is 44.9 Å². The summed E-state index contributed by atoms with van der Waals surface area (Å²) in [5.74, 6) is 0.487. The van der Waals surface area contributed by atoms with Crippen molar-refractivity contribution in [3.8, 4) is 0 Å². The van der Waals surface area contributed by atoms with Crippen molar-refractivity contribution in [3.05, 3.63) is 29.8 Å². The molecule has 1 aromatic rings. The highest BCUT2D eigenvalue weighted by Gasteiger charge is 2.34. The second-order valence-corrected chi connectivity index (χ2v) is 5.75. The van der Waals surface area contributed by atoms with Crippen LogP contribution >= 0.6 is 0 Å². The smallest absolute Gasteiger partial charge is 0.412 e. The van der Waals surface area contributed by atoms with Gasteiger partial charge in [-0.1, -0.05) is 12.1 Å². The third-order valence-electron chi connectivity index (χ3n) is 2.82. The summed E-state index contributed by atoms with van der Waals surface area (Å²) in [7, 11) is 0. The van der Waals surface area contributed by atoms with E-state index in [9.17, 15) is 4.79 Å². The lowest BCUT2D eigenvalue weighted by atomic mass is 10.1. The molecule has 0 heterocycles. The van der Waals surface area contributed by atoms with Gasteiger partial charge in [-0.25, -0.2) is 4.79 Å². The average molecular weight is 248 g/mol. The van der Waals surface area contributed by atoms with Gasteiger partial charge in [0.25, 0.3) is 0 Å². The standard InChI is InChI=1S/C14H20N2O2/c1-14(2,3)18-13(17)16-10-6-4-9(5-7-10)11-8-12(11)15/h4-7,11-12H,8,15H2,1-3H3,(H,16,17). The van der Waals surface area contributed by atoms with Crippen LogP contribution in [0.5, 0.6) is 0 Å². The van der Waals surface area contributed by atoms with Gasteiger partial charge in [0, 0.05) is 17.6 Å². The number of ether oxygens (including phenoxy) is 1. The lowest BCUT2D eigenvalue weighted by Crippen LogP contribution is -2.27. The van der Waals surface area contributed by atoms with Crippen LogP contribution in [0.3, 0.4) is 0 Å². The van der Waals surface area contributed by atoms with E-state index in [4.69, 9.17) is 10.5 Å². The van der Waals surface area contributed by atoms with Crippen LogP contribution in [0.2, 0.25) is 0 Å². The molecule has 0 aliphatic heterocycles. The molecule has 3 N–H and O–H groups in total. The SMILES string of the molecule is CC(C)(C)OC(=O)Nc1ccc(C2CC2N)cc1. The van der Waals surface area contributed by atoms with E-state index in [1.54, 1.807) is 0 Å². The van der Waals surface area contributed by atoms with E-state index in [2.05, 4.69) is 5.32 Å². The second kappa shape index (κ2) is 4.61. The molecular formula is C14H20N2O2. The number of anilines is 1. The fourth-order valence-electron chi connectivity index (χ4n) is 1.83. The summed E-state index contributed by atoms with van der Waals surface area (Å²) < 4.78 is 5.18. The van der Waals surface area contributed by atoms with Crippen LogP contribution in [0.1, 0.15) is 38.7 Å². The molecule has 2 unspecified atom stereocenters. The van der Waals surface area contributed by atoms with Crippen LogP contribution in [0.4, 0.5) is 10.5 Å². The molecule has 1 aliphatic carbocycles. The number of carbonyl (C=O) groups excluding carboxylic acids is 1. The normalized spacial score (nSPS) is 22.4. The predicted molar refractivity (Wildman–Crippen MR) is 71.6 cm³/mol. The Labute approximate surface area is 108 Å². The van der Waals surface area contributed by atoms with E-state index < -0.39 is 11.7 Å². The van der Waals surface area contributed by atoms with Crippen LogP contribution in [-0.4, -0.2) is 17.7 Å². The highest BCUT2D eigenvalue weighted by Crippen LogP contribution is 2.39. The summed E-state index contributed by atoms with van der Waals surface area (Å²) in [6.07, 6.45) is 0.622. The Morgan fingerprint density at radius 1 is 1.33 bits per heavy atom. The first kappa shape index (κ1) is 12.9. The molecule has 4 nitrogen and oxygen atoms in total. The number of benzene rings is 1. The Hall–Kier alpha value is -1.55. The molecular weight excluding hydrogens is 228 g/mol. The maximum absolute atomic E-state index is 11.6. The number of rotatable bonds is 2. The third kappa shape index (κ3) is 3.47. The lowest BCUT2D eigenvalue weighted by Gasteiger charge is -2.19. The van der Waals surface area contributed by atoms with Crippen molar-refractivity contribution in [1.82, 2.24) is 0 Å². The molecule has 0 radical (unpaired) electrons. The molecule has 1 amide bonds. The average Bonchev–Trinajstić information content (AvgIpc) is 2.93. The van der Waals surface area contributed by atoms with Crippen molar-refractivity contribution in [3.63, 3.8) is 0 Å². The Kier molecular flexibility index (Phi) is 3.30. The predicted octanol–water partition coefficient (Wildman–Crippen LogP) is 2.85. The fourth-order valence-corrected chi connectivity index (χ4v) is 1.83. The molecule has 1 aliphatic rings. The molecule has 0 saturated heterocycles. The molecule has 1 saturated carbocycles. The largest absolute Gasteiger partial charge is 0.444 e. The summed E-state index contributed by atoms with van der Waals surface area (Å²) in [4.78, 5) is 11.6. The molecule has 0 aromatic heterocycles. The number of hydrogen-bond donors (Lipinski definition) is 2. The zero-order valence-electron chi connectivity index (χ0n) is 11.1. The molecule has 2 rings (SSSR count). The number of carbonyl (C=O) groups is 1. The quantitative estimate of drug-likeness (QED) is 0.845. The Bertz CT molecular complexity index is 434. The highest BCUT2D eigenvalue weighted by molar-refractivity contribution is 5.84. The molecule has 1 aromatic carbocycles. The first-order chi connectivity index (χ1) is 8.35. The van der Waals surface area contributed by atoms with Gasteiger partial charge in [0.15, 0.2) is 0 Å². The van der Waals surface area contributed by atoms with E-state index in [0.29, 0.717) is 12.0 Å². The first-order valence-electron chi connectivity index (χ1n) is 6.21. The molecule has 0 spiro atoms.